The van der Waals surface area contributed by atoms with Gasteiger partial charge in [0.25, 0.3) is 0 Å². The number of hydrogen-bond acceptors (Lipinski definition) is 5. The fourth-order valence-corrected chi connectivity index (χ4v) is 2.37. The van der Waals surface area contributed by atoms with Crippen LogP contribution < -0.4 is 0 Å². The van der Waals surface area contributed by atoms with Gasteiger partial charge in [-0.15, -0.1) is 0 Å². The monoisotopic (exact) mass is 324 g/mol. The molecule has 0 aliphatic carbocycles. The van der Waals surface area contributed by atoms with E-state index in [1.165, 1.54) is 7.11 Å². The lowest BCUT2D eigenvalue weighted by molar-refractivity contribution is -0.140. The van der Waals surface area contributed by atoms with E-state index in [0.29, 0.717) is 19.4 Å². The number of hydrogen-bond donors (Lipinski definition) is 0. The summed E-state index contributed by atoms with van der Waals surface area (Å²) in [6.45, 7) is 8.19. The van der Waals surface area contributed by atoms with Crippen LogP contribution in [0.2, 0.25) is 0 Å². The van der Waals surface area contributed by atoms with Crippen LogP contribution in [0.5, 0.6) is 0 Å². The van der Waals surface area contributed by atoms with Crippen molar-refractivity contribution in [1.29, 1.82) is 0 Å². The van der Waals surface area contributed by atoms with Crippen molar-refractivity contribution in [3.63, 3.8) is 0 Å². The number of methoxy groups -OCH3 is 1. The first-order valence-corrected chi connectivity index (χ1v) is 8.00. The first-order valence-electron chi connectivity index (χ1n) is 8.00. The van der Waals surface area contributed by atoms with Crippen LogP contribution in [-0.2, 0) is 14.3 Å². The van der Waals surface area contributed by atoms with Gasteiger partial charge in [0.1, 0.15) is 5.60 Å². The van der Waals surface area contributed by atoms with Crippen LogP contribution in [0.3, 0.4) is 0 Å². The van der Waals surface area contributed by atoms with Crippen molar-refractivity contribution in [3.8, 4) is 0 Å². The Morgan fingerprint density at radius 1 is 1.35 bits per heavy atom. The van der Waals surface area contributed by atoms with Crippen molar-refractivity contribution in [2.45, 2.75) is 65.0 Å². The van der Waals surface area contributed by atoms with Gasteiger partial charge in [0, 0.05) is 24.9 Å². The molecular weight excluding hydrogens is 296 g/mol. The number of carbonyl (C=O) groups excluding carboxylic acids is 2. The number of amides is 1. The average molecular weight is 324 g/mol. The minimum absolute atomic E-state index is 0.0184. The van der Waals surface area contributed by atoms with Crippen molar-refractivity contribution in [3.05, 3.63) is 12.3 Å². The molecule has 0 saturated carbocycles. The van der Waals surface area contributed by atoms with Crippen LogP contribution >= 0.6 is 0 Å². The Balaban J connectivity index is 2.58. The standard InChI is InChI=1S/C17H28N2O4/c1-13(18-11-7-6-10-15(20)22-5)14-9-8-12-19(14)16(21)23-17(2,3)4/h7,11,14H,6,8-10,12H2,1-5H3/b11-7-,18-13?. The number of carbonyl (C=O) groups is 2. The molecule has 6 heteroatoms. The lowest BCUT2D eigenvalue weighted by Gasteiger charge is -2.28. The van der Waals surface area contributed by atoms with Gasteiger partial charge in [-0.25, -0.2) is 4.79 Å². The van der Waals surface area contributed by atoms with E-state index in [-0.39, 0.29) is 18.1 Å². The maximum absolute atomic E-state index is 12.2. The summed E-state index contributed by atoms with van der Waals surface area (Å²) in [6, 6.07) is -0.0184. The number of esters is 1. The maximum Gasteiger partial charge on any atom is 0.410 e. The highest BCUT2D eigenvalue weighted by molar-refractivity contribution is 5.91. The highest BCUT2D eigenvalue weighted by atomic mass is 16.6. The molecule has 23 heavy (non-hydrogen) atoms. The highest BCUT2D eigenvalue weighted by Crippen LogP contribution is 2.22. The van der Waals surface area contributed by atoms with E-state index >= 15 is 0 Å². The van der Waals surface area contributed by atoms with E-state index in [1.807, 2.05) is 33.8 Å². The Morgan fingerprint density at radius 2 is 2.04 bits per heavy atom. The van der Waals surface area contributed by atoms with Gasteiger partial charge in [0.15, 0.2) is 0 Å². The number of nitrogens with zero attached hydrogens (tertiary/aromatic N) is 2. The Hall–Kier alpha value is -1.85. The van der Waals surface area contributed by atoms with E-state index in [2.05, 4.69) is 9.73 Å². The average Bonchev–Trinajstić information content (AvgIpc) is 2.94. The van der Waals surface area contributed by atoms with Crippen LogP contribution in [0, 0.1) is 0 Å². The molecule has 1 amide bonds. The summed E-state index contributed by atoms with van der Waals surface area (Å²) in [5.41, 5.74) is 0.381. The smallest absolute Gasteiger partial charge is 0.410 e. The van der Waals surface area contributed by atoms with Crippen molar-refractivity contribution >= 4 is 17.8 Å². The summed E-state index contributed by atoms with van der Waals surface area (Å²) in [5, 5.41) is 0. The number of likely N-dealkylation sites (tertiary alicyclic amines) is 1. The third-order valence-corrected chi connectivity index (χ3v) is 3.49. The molecule has 1 rings (SSSR count). The molecule has 1 aliphatic heterocycles. The van der Waals surface area contributed by atoms with Crippen LogP contribution in [0.4, 0.5) is 4.79 Å². The number of rotatable bonds is 5. The second kappa shape index (κ2) is 8.70. The van der Waals surface area contributed by atoms with Gasteiger partial charge in [0.05, 0.1) is 13.2 Å². The van der Waals surface area contributed by atoms with Crippen molar-refractivity contribution in [1.82, 2.24) is 4.90 Å². The molecule has 0 N–H and O–H groups in total. The molecule has 1 saturated heterocycles. The third-order valence-electron chi connectivity index (χ3n) is 3.49. The molecule has 1 fully saturated rings. The molecule has 130 valence electrons. The van der Waals surface area contributed by atoms with Crippen LogP contribution in [0.25, 0.3) is 0 Å². The fourth-order valence-electron chi connectivity index (χ4n) is 2.37. The number of ether oxygens (including phenoxy) is 2. The summed E-state index contributed by atoms with van der Waals surface area (Å²) in [7, 11) is 1.37. The second-order valence-corrected chi connectivity index (χ2v) is 6.60. The van der Waals surface area contributed by atoms with Gasteiger partial charge in [-0.05, 0) is 47.0 Å². The topological polar surface area (TPSA) is 68.2 Å². The van der Waals surface area contributed by atoms with Crippen molar-refractivity contribution in [2.24, 2.45) is 4.99 Å². The number of allylic oxidation sites excluding steroid dienone is 1. The summed E-state index contributed by atoms with van der Waals surface area (Å²) < 4.78 is 10.0. The van der Waals surface area contributed by atoms with Gasteiger partial charge in [-0.3, -0.25) is 14.7 Å². The van der Waals surface area contributed by atoms with E-state index < -0.39 is 5.60 Å². The zero-order valence-corrected chi connectivity index (χ0v) is 14.8. The van der Waals surface area contributed by atoms with E-state index in [9.17, 15) is 9.59 Å². The minimum Gasteiger partial charge on any atom is -0.469 e. The molecule has 1 atom stereocenters. The predicted octanol–water partition coefficient (Wildman–Crippen LogP) is 3.31. The molecule has 0 aromatic rings. The largest absolute Gasteiger partial charge is 0.469 e. The molecule has 0 aromatic heterocycles. The Labute approximate surface area is 138 Å². The fraction of sp³-hybridized carbons (Fsp3) is 0.706. The van der Waals surface area contributed by atoms with Crippen molar-refractivity contribution in [2.75, 3.05) is 13.7 Å². The summed E-state index contributed by atoms with van der Waals surface area (Å²) in [6.07, 6.45) is 5.99. The van der Waals surface area contributed by atoms with Crippen molar-refractivity contribution < 1.29 is 19.1 Å². The summed E-state index contributed by atoms with van der Waals surface area (Å²) >= 11 is 0. The molecule has 0 bridgehead atoms. The highest BCUT2D eigenvalue weighted by Gasteiger charge is 2.33. The second-order valence-electron chi connectivity index (χ2n) is 6.60. The first-order chi connectivity index (χ1) is 10.7. The molecular formula is C17H28N2O4. The Kier molecular flexibility index (Phi) is 7.26. The van der Waals surface area contributed by atoms with E-state index in [0.717, 1.165) is 18.6 Å². The van der Waals surface area contributed by atoms with Gasteiger partial charge in [-0.1, -0.05) is 6.08 Å². The van der Waals surface area contributed by atoms with Gasteiger partial charge >= 0.3 is 12.1 Å². The van der Waals surface area contributed by atoms with Gasteiger partial charge in [-0.2, -0.15) is 0 Å². The number of aliphatic imine (C=N–C) groups is 1. The quantitative estimate of drug-likeness (QED) is 0.575. The SMILES string of the molecule is COC(=O)CC/C=C\N=C(C)C1CCCN1C(=O)OC(C)(C)C. The zero-order valence-electron chi connectivity index (χ0n) is 14.8. The maximum atomic E-state index is 12.2. The van der Waals surface area contributed by atoms with Crippen LogP contribution in [0.15, 0.2) is 17.3 Å². The Morgan fingerprint density at radius 3 is 2.65 bits per heavy atom. The van der Waals surface area contributed by atoms with Gasteiger partial charge in [0.2, 0.25) is 0 Å². The van der Waals surface area contributed by atoms with E-state index in [1.54, 1.807) is 11.1 Å². The molecule has 0 aromatic carbocycles. The summed E-state index contributed by atoms with van der Waals surface area (Å²) in [4.78, 5) is 29.4. The predicted molar refractivity (Wildman–Crippen MR) is 89.5 cm³/mol. The third kappa shape index (κ3) is 6.84. The normalized spacial score (nSPS) is 19.3. The molecule has 0 spiro atoms. The molecule has 6 nitrogen and oxygen atoms in total. The van der Waals surface area contributed by atoms with Crippen LogP contribution in [0.1, 0.15) is 53.4 Å². The van der Waals surface area contributed by atoms with E-state index in [4.69, 9.17) is 4.74 Å². The zero-order chi connectivity index (χ0) is 17.5. The summed E-state index contributed by atoms with van der Waals surface area (Å²) in [5.74, 6) is -0.234. The lowest BCUT2D eigenvalue weighted by Crippen LogP contribution is -2.42. The Bertz CT molecular complexity index is 477. The molecule has 1 aliphatic rings. The van der Waals surface area contributed by atoms with Crippen LogP contribution in [-0.4, -0.2) is 48.0 Å². The minimum atomic E-state index is -0.497. The lowest BCUT2D eigenvalue weighted by atomic mass is 10.1. The molecule has 1 unspecified atom stereocenters. The first kappa shape index (κ1) is 19.2. The molecule has 0 radical (unpaired) electrons. The van der Waals surface area contributed by atoms with Gasteiger partial charge < -0.3 is 9.47 Å². The molecule has 1 heterocycles.